The zero-order valence-corrected chi connectivity index (χ0v) is 21.6. The number of benzene rings is 4. The first-order valence-electron chi connectivity index (χ1n) is 12.1. The second-order valence-electron chi connectivity index (χ2n) is 8.66. The van der Waals surface area contributed by atoms with Crippen molar-refractivity contribution in [1.82, 2.24) is 0 Å². The van der Waals surface area contributed by atoms with Crippen LogP contribution in [0.2, 0.25) is 0 Å². The lowest BCUT2D eigenvalue weighted by Gasteiger charge is -2.26. The quantitative estimate of drug-likeness (QED) is 0.235. The molecule has 0 radical (unpaired) electrons. The molecule has 1 aliphatic rings. The number of hydrogen-bond acceptors (Lipinski definition) is 6. The summed E-state index contributed by atoms with van der Waals surface area (Å²) in [4.78, 5) is 14.0. The smallest absolute Gasteiger partial charge is 0.169 e. The van der Waals surface area contributed by atoms with Crippen molar-refractivity contribution in [3.8, 4) is 23.0 Å². The summed E-state index contributed by atoms with van der Waals surface area (Å²) < 4.78 is 23.5. The van der Waals surface area contributed by atoms with E-state index in [9.17, 15) is 4.79 Å². The first-order chi connectivity index (χ1) is 18.2. The molecule has 1 atom stereocenters. The van der Waals surface area contributed by atoms with Gasteiger partial charge >= 0.3 is 0 Å². The Balaban J connectivity index is 1.44. The fourth-order valence-electron chi connectivity index (χ4n) is 4.33. The lowest BCUT2D eigenvalue weighted by molar-refractivity contribution is 0.0972. The van der Waals surface area contributed by atoms with E-state index >= 15 is 0 Å². The monoisotopic (exact) mass is 512 g/mol. The van der Waals surface area contributed by atoms with Gasteiger partial charge in [0.2, 0.25) is 0 Å². The SMILES string of the molecule is COc1ccc(OC)c2c1SC(c1ccc(OCc3ccccc3)c(OCc3ccccc3)c1)CC2=O. The first-order valence-corrected chi connectivity index (χ1v) is 13.0. The Morgan fingerprint density at radius 2 is 1.27 bits per heavy atom. The lowest BCUT2D eigenvalue weighted by Crippen LogP contribution is -2.14. The van der Waals surface area contributed by atoms with Crippen molar-refractivity contribution in [2.45, 2.75) is 29.8 Å². The third-order valence-electron chi connectivity index (χ3n) is 6.25. The summed E-state index contributed by atoms with van der Waals surface area (Å²) in [6.07, 6.45) is 0.351. The van der Waals surface area contributed by atoms with Crippen molar-refractivity contribution in [2.24, 2.45) is 0 Å². The van der Waals surface area contributed by atoms with Crippen molar-refractivity contribution in [3.63, 3.8) is 0 Å². The van der Waals surface area contributed by atoms with Crippen LogP contribution in [-0.2, 0) is 13.2 Å². The summed E-state index contributed by atoms with van der Waals surface area (Å²) in [6.45, 7) is 0.847. The third kappa shape index (κ3) is 5.59. The lowest BCUT2D eigenvalue weighted by atomic mass is 10.00. The predicted molar refractivity (Wildman–Crippen MR) is 145 cm³/mol. The van der Waals surface area contributed by atoms with Crippen LogP contribution in [0.15, 0.2) is 95.9 Å². The number of Topliss-reactive ketones (excluding diaryl/α,β-unsaturated/α-hetero) is 1. The highest BCUT2D eigenvalue weighted by molar-refractivity contribution is 7.99. The molecule has 0 saturated carbocycles. The van der Waals surface area contributed by atoms with Gasteiger partial charge in [0.15, 0.2) is 17.3 Å². The largest absolute Gasteiger partial charge is 0.496 e. The van der Waals surface area contributed by atoms with Crippen molar-refractivity contribution in [2.75, 3.05) is 14.2 Å². The minimum absolute atomic E-state index is 0.0330. The van der Waals surface area contributed by atoms with Crippen LogP contribution in [0.5, 0.6) is 23.0 Å². The minimum Gasteiger partial charge on any atom is -0.496 e. The standard InChI is InChI=1S/C31H28O5S/c1-33-26-15-16-27(34-2)31-30(26)24(32)18-29(37-31)23-13-14-25(35-19-21-9-5-3-6-10-21)28(17-23)36-20-22-11-7-4-8-12-22/h3-17,29H,18-20H2,1-2H3. The van der Waals surface area contributed by atoms with Crippen LogP contribution in [0.3, 0.4) is 0 Å². The van der Waals surface area contributed by atoms with Crippen LogP contribution in [0.1, 0.15) is 38.7 Å². The van der Waals surface area contributed by atoms with E-state index in [2.05, 4.69) is 0 Å². The first kappa shape index (κ1) is 24.8. The fourth-order valence-corrected chi connectivity index (χ4v) is 5.73. The molecule has 5 rings (SSSR count). The summed E-state index contributed by atoms with van der Waals surface area (Å²) >= 11 is 1.61. The van der Waals surface area contributed by atoms with Crippen LogP contribution in [0.25, 0.3) is 0 Å². The van der Waals surface area contributed by atoms with Gasteiger partial charge in [0.05, 0.1) is 24.7 Å². The molecule has 0 fully saturated rings. The number of carbonyl (C=O) groups excluding carboxylic acids is 1. The molecule has 0 aliphatic carbocycles. The van der Waals surface area contributed by atoms with Gasteiger partial charge in [0.1, 0.15) is 24.7 Å². The van der Waals surface area contributed by atoms with Crippen molar-refractivity contribution < 1.29 is 23.7 Å². The highest BCUT2D eigenvalue weighted by Crippen LogP contribution is 2.51. The van der Waals surface area contributed by atoms with Crippen LogP contribution >= 0.6 is 11.8 Å². The maximum Gasteiger partial charge on any atom is 0.169 e. The normalized spacial score (nSPS) is 14.5. The number of rotatable bonds is 9. The Morgan fingerprint density at radius 1 is 0.703 bits per heavy atom. The summed E-state index contributed by atoms with van der Waals surface area (Å²) in [7, 11) is 3.20. The molecule has 37 heavy (non-hydrogen) atoms. The number of methoxy groups -OCH3 is 2. The van der Waals surface area contributed by atoms with Crippen LogP contribution < -0.4 is 18.9 Å². The zero-order chi connectivity index (χ0) is 25.6. The van der Waals surface area contributed by atoms with E-state index < -0.39 is 0 Å². The average molecular weight is 513 g/mol. The second kappa shape index (κ2) is 11.4. The number of thioether (sulfide) groups is 1. The molecule has 0 saturated heterocycles. The van der Waals surface area contributed by atoms with E-state index in [0.717, 1.165) is 21.6 Å². The average Bonchev–Trinajstić information content (AvgIpc) is 2.95. The van der Waals surface area contributed by atoms with E-state index in [1.54, 1.807) is 32.0 Å². The number of hydrogen-bond donors (Lipinski definition) is 0. The van der Waals surface area contributed by atoms with Crippen LogP contribution in [0, 0.1) is 0 Å². The maximum absolute atomic E-state index is 13.2. The Morgan fingerprint density at radius 3 is 1.89 bits per heavy atom. The van der Waals surface area contributed by atoms with Crippen molar-refractivity contribution in [1.29, 1.82) is 0 Å². The highest BCUT2D eigenvalue weighted by atomic mass is 32.2. The maximum atomic E-state index is 13.2. The molecule has 1 heterocycles. The number of fused-ring (bicyclic) bond motifs is 1. The topological polar surface area (TPSA) is 54.0 Å². The molecule has 0 bridgehead atoms. The van der Waals surface area contributed by atoms with Gasteiger partial charge in [-0.25, -0.2) is 0 Å². The molecule has 5 nitrogen and oxygen atoms in total. The fraction of sp³-hybridized carbons (Fsp3) is 0.194. The summed E-state index contributed by atoms with van der Waals surface area (Å²) in [6, 6.07) is 29.6. The molecule has 4 aromatic carbocycles. The molecule has 0 spiro atoms. The van der Waals surface area contributed by atoms with Crippen molar-refractivity contribution >= 4 is 17.5 Å². The molecule has 1 aliphatic heterocycles. The van der Waals surface area contributed by atoms with Gasteiger partial charge in [-0.15, -0.1) is 11.8 Å². The predicted octanol–water partition coefficient (Wildman–Crippen LogP) is 7.28. The number of ketones is 1. The van der Waals surface area contributed by atoms with Gasteiger partial charge in [-0.1, -0.05) is 66.7 Å². The van der Waals surface area contributed by atoms with Crippen LogP contribution in [-0.4, -0.2) is 20.0 Å². The van der Waals surface area contributed by atoms with Gasteiger partial charge in [0, 0.05) is 11.7 Å². The Hall–Kier alpha value is -3.90. The minimum atomic E-state index is -0.0942. The Bertz CT molecular complexity index is 1370. The number of carbonyl (C=O) groups is 1. The molecule has 1 unspecified atom stereocenters. The van der Waals surface area contributed by atoms with Crippen molar-refractivity contribution in [3.05, 3.63) is 113 Å². The van der Waals surface area contributed by atoms with Gasteiger partial charge in [0.25, 0.3) is 0 Å². The summed E-state index contributed by atoms with van der Waals surface area (Å²) in [5.41, 5.74) is 3.72. The third-order valence-corrected chi connectivity index (χ3v) is 7.61. The highest BCUT2D eigenvalue weighted by Gasteiger charge is 2.32. The van der Waals surface area contributed by atoms with Gasteiger partial charge in [-0.05, 0) is 41.0 Å². The number of ether oxygens (including phenoxy) is 4. The van der Waals surface area contributed by atoms with E-state index in [1.165, 1.54) is 0 Å². The van der Waals surface area contributed by atoms with E-state index in [1.807, 2.05) is 84.9 Å². The molecule has 188 valence electrons. The molecule has 6 heteroatoms. The summed E-state index contributed by atoms with van der Waals surface area (Å²) in [5, 5.41) is -0.0942. The van der Waals surface area contributed by atoms with E-state index in [0.29, 0.717) is 48.2 Å². The molecule has 0 aromatic heterocycles. The van der Waals surface area contributed by atoms with E-state index in [-0.39, 0.29) is 11.0 Å². The second-order valence-corrected chi connectivity index (χ2v) is 9.88. The van der Waals surface area contributed by atoms with Gasteiger partial charge in [-0.3, -0.25) is 4.79 Å². The van der Waals surface area contributed by atoms with Gasteiger partial charge < -0.3 is 18.9 Å². The molecular formula is C31H28O5S. The molecular weight excluding hydrogens is 484 g/mol. The molecule has 0 N–H and O–H groups in total. The molecule has 4 aromatic rings. The zero-order valence-electron chi connectivity index (χ0n) is 20.8. The molecule has 0 amide bonds. The Labute approximate surface area is 221 Å². The van der Waals surface area contributed by atoms with Crippen LogP contribution in [0.4, 0.5) is 0 Å². The van der Waals surface area contributed by atoms with E-state index in [4.69, 9.17) is 18.9 Å². The summed E-state index contributed by atoms with van der Waals surface area (Å²) in [5.74, 6) is 2.58. The van der Waals surface area contributed by atoms with Gasteiger partial charge in [-0.2, -0.15) is 0 Å². The Kier molecular flexibility index (Phi) is 7.66.